The predicted molar refractivity (Wildman–Crippen MR) is 93.2 cm³/mol. The van der Waals surface area contributed by atoms with Crippen LogP contribution in [0.25, 0.3) is 0 Å². The molecule has 136 valence electrons. The summed E-state index contributed by atoms with van der Waals surface area (Å²) in [5, 5.41) is 5.45. The lowest BCUT2D eigenvalue weighted by molar-refractivity contribution is -0.120. The summed E-state index contributed by atoms with van der Waals surface area (Å²) in [4.78, 5) is 26.3. The van der Waals surface area contributed by atoms with Gasteiger partial charge in [-0.3, -0.25) is 14.5 Å². The van der Waals surface area contributed by atoms with Crippen LogP contribution < -0.4 is 10.6 Å². The molecule has 0 aliphatic carbocycles. The molecule has 2 aromatic rings. The van der Waals surface area contributed by atoms with Gasteiger partial charge in [0.15, 0.2) is 0 Å². The lowest BCUT2D eigenvalue weighted by Gasteiger charge is -2.28. The molecular formula is C18H25N3O4. The summed E-state index contributed by atoms with van der Waals surface area (Å²) in [5.74, 6) is 0.755. The molecule has 2 N–H and O–H groups in total. The Bertz CT molecular complexity index is 674. The molecule has 0 aromatic carbocycles. The standard InChI is InChI=1S/C18H25N3O4/c1-4-21(5-2)15(16-7-6-9-25-16)11-19-17(22)12-20-18(23)14-8-10-24-13(14)3/h6-10,15H,4-5,11-12H2,1-3H3,(H,19,22)(H,20,23). The van der Waals surface area contributed by atoms with Crippen molar-refractivity contribution in [2.75, 3.05) is 26.2 Å². The predicted octanol–water partition coefficient (Wildman–Crippen LogP) is 2.11. The molecule has 0 fully saturated rings. The fraction of sp³-hybridized carbons (Fsp3) is 0.444. The van der Waals surface area contributed by atoms with E-state index < -0.39 is 0 Å². The minimum Gasteiger partial charge on any atom is -0.469 e. The number of nitrogens with one attached hydrogen (secondary N) is 2. The third-order valence-electron chi connectivity index (χ3n) is 4.13. The van der Waals surface area contributed by atoms with E-state index in [-0.39, 0.29) is 24.4 Å². The van der Waals surface area contributed by atoms with E-state index in [1.165, 1.54) is 6.26 Å². The molecule has 0 saturated heterocycles. The van der Waals surface area contributed by atoms with Gasteiger partial charge in [0.05, 0.1) is 30.7 Å². The SMILES string of the molecule is CCN(CC)C(CNC(=O)CNC(=O)c1ccoc1C)c1ccco1. The molecule has 2 aromatic heterocycles. The molecule has 2 rings (SSSR count). The van der Waals surface area contributed by atoms with E-state index in [0.717, 1.165) is 18.8 Å². The van der Waals surface area contributed by atoms with Crippen molar-refractivity contribution < 1.29 is 18.4 Å². The zero-order valence-electron chi connectivity index (χ0n) is 14.9. The summed E-state index contributed by atoms with van der Waals surface area (Å²) in [7, 11) is 0. The highest BCUT2D eigenvalue weighted by molar-refractivity contribution is 5.97. The highest BCUT2D eigenvalue weighted by Crippen LogP contribution is 2.20. The Morgan fingerprint density at radius 2 is 1.88 bits per heavy atom. The smallest absolute Gasteiger partial charge is 0.255 e. The van der Waals surface area contributed by atoms with Crippen LogP contribution in [-0.4, -0.2) is 42.9 Å². The van der Waals surface area contributed by atoms with E-state index in [9.17, 15) is 9.59 Å². The molecule has 0 radical (unpaired) electrons. The van der Waals surface area contributed by atoms with Gasteiger partial charge >= 0.3 is 0 Å². The number of likely N-dealkylation sites (N-methyl/N-ethyl adjacent to an activating group) is 1. The first kappa shape index (κ1) is 18.8. The van der Waals surface area contributed by atoms with Gasteiger partial charge in [0.2, 0.25) is 5.91 Å². The van der Waals surface area contributed by atoms with E-state index >= 15 is 0 Å². The van der Waals surface area contributed by atoms with Crippen molar-refractivity contribution in [1.82, 2.24) is 15.5 Å². The second-order valence-corrected chi connectivity index (χ2v) is 5.63. The van der Waals surface area contributed by atoms with Crippen LogP contribution in [0.3, 0.4) is 0 Å². The van der Waals surface area contributed by atoms with Crippen LogP contribution in [0.15, 0.2) is 39.6 Å². The number of aryl methyl sites for hydroxylation is 1. The fourth-order valence-corrected chi connectivity index (χ4v) is 2.70. The maximum atomic E-state index is 12.1. The molecule has 7 heteroatoms. The van der Waals surface area contributed by atoms with E-state index in [1.54, 1.807) is 19.3 Å². The maximum absolute atomic E-state index is 12.1. The summed E-state index contributed by atoms with van der Waals surface area (Å²) in [6, 6.07) is 5.27. The van der Waals surface area contributed by atoms with Gasteiger partial charge in [-0.15, -0.1) is 0 Å². The molecular weight excluding hydrogens is 322 g/mol. The molecule has 0 bridgehead atoms. The molecule has 0 aliphatic heterocycles. The summed E-state index contributed by atoms with van der Waals surface area (Å²) in [6.07, 6.45) is 3.07. The largest absolute Gasteiger partial charge is 0.469 e. The minimum absolute atomic E-state index is 0.0410. The van der Waals surface area contributed by atoms with Crippen LogP contribution in [0.4, 0.5) is 0 Å². The number of carbonyl (C=O) groups is 2. The Kier molecular flexibility index (Phi) is 6.82. The van der Waals surface area contributed by atoms with Crippen LogP contribution in [0, 0.1) is 6.92 Å². The lowest BCUT2D eigenvalue weighted by atomic mass is 10.2. The summed E-state index contributed by atoms with van der Waals surface area (Å²) in [6.45, 7) is 7.83. The van der Waals surface area contributed by atoms with Crippen molar-refractivity contribution in [3.05, 3.63) is 47.8 Å². The summed E-state index contributed by atoms with van der Waals surface area (Å²) in [5.41, 5.74) is 0.435. The number of rotatable bonds is 9. The van der Waals surface area contributed by atoms with Crippen molar-refractivity contribution in [3.8, 4) is 0 Å². The molecule has 0 aliphatic rings. The van der Waals surface area contributed by atoms with Crippen LogP contribution in [0.2, 0.25) is 0 Å². The molecule has 0 spiro atoms. The quantitative estimate of drug-likeness (QED) is 0.725. The monoisotopic (exact) mass is 347 g/mol. The van der Waals surface area contributed by atoms with E-state index in [0.29, 0.717) is 17.9 Å². The van der Waals surface area contributed by atoms with Gasteiger partial charge in [-0.05, 0) is 38.2 Å². The lowest BCUT2D eigenvalue weighted by Crippen LogP contribution is -2.42. The zero-order valence-corrected chi connectivity index (χ0v) is 14.9. The number of nitrogens with zero attached hydrogens (tertiary/aromatic N) is 1. The van der Waals surface area contributed by atoms with Gasteiger partial charge in [0.1, 0.15) is 11.5 Å². The Hall–Kier alpha value is -2.54. The molecule has 25 heavy (non-hydrogen) atoms. The van der Waals surface area contributed by atoms with Crippen molar-refractivity contribution in [3.63, 3.8) is 0 Å². The van der Waals surface area contributed by atoms with E-state index in [2.05, 4.69) is 29.4 Å². The number of amides is 2. The second-order valence-electron chi connectivity index (χ2n) is 5.63. The molecule has 1 atom stereocenters. The van der Waals surface area contributed by atoms with Gasteiger partial charge < -0.3 is 19.5 Å². The maximum Gasteiger partial charge on any atom is 0.255 e. The van der Waals surface area contributed by atoms with Gasteiger partial charge in [-0.25, -0.2) is 0 Å². The van der Waals surface area contributed by atoms with Gasteiger partial charge in [-0.2, -0.15) is 0 Å². The summed E-state index contributed by atoms with van der Waals surface area (Å²) < 4.78 is 10.6. The summed E-state index contributed by atoms with van der Waals surface area (Å²) >= 11 is 0. The van der Waals surface area contributed by atoms with Crippen molar-refractivity contribution >= 4 is 11.8 Å². The topological polar surface area (TPSA) is 87.7 Å². The molecule has 7 nitrogen and oxygen atoms in total. The number of carbonyl (C=O) groups excluding carboxylic acids is 2. The average Bonchev–Trinajstić information content (AvgIpc) is 3.28. The first-order chi connectivity index (χ1) is 12.1. The van der Waals surface area contributed by atoms with Crippen molar-refractivity contribution in [2.24, 2.45) is 0 Å². The molecule has 2 amide bonds. The number of hydrogen-bond donors (Lipinski definition) is 2. The molecule has 2 heterocycles. The fourth-order valence-electron chi connectivity index (χ4n) is 2.70. The Morgan fingerprint density at radius 1 is 1.12 bits per heavy atom. The first-order valence-electron chi connectivity index (χ1n) is 8.43. The van der Waals surface area contributed by atoms with Crippen molar-refractivity contribution in [1.29, 1.82) is 0 Å². The van der Waals surface area contributed by atoms with E-state index in [1.807, 2.05) is 12.1 Å². The highest BCUT2D eigenvalue weighted by atomic mass is 16.3. The third kappa shape index (κ3) is 4.96. The molecule has 1 unspecified atom stereocenters. The Labute approximate surface area is 147 Å². The van der Waals surface area contributed by atoms with Gasteiger partial charge in [0, 0.05) is 6.54 Å². The van der Waals surface area contributed by atoms with Crippen LogP contribution in [0.1, 0.15) is 41.8 Å². The van der Waals surface area contributed by atoms with Gasteiger partial charge in [-0.1, -0.05) is 13.8 Å². The number of hydrogen-bond acceptors (Lipinski definition) is 5. The number of furan rings is 2. The second kappa shape index (κ2) is 9.08. The van der Waals surface area contributed by atoms with Crippen LogP contribution in [-0.2, 0) is 4.79 Å². The zero-order chi connectivity index (χ0) is 18.2. The average molecular weight is 347 g/mol. The van der Waals surface area contributed by atoms with E-state index in [4.69, 9.17) is 8.83 Å². The molecule has 0 saturated carbocycles. The van der Waals surface area contributed by atoms with Crippen LogP contribution in [0.5, 0.6) is 0 Å². The first-order valence-corrected chi connectivity index (χ1v) is 8.43. The Balaban J connectivity index is 1.86. The minimum atomic E-state index is -0.326. The third-order valence-corrected chi connectivity index (χ3v) is 4.13. The Morgan fingerprint density at radius 3 is 2.44 bits per heavy atom. The van der Waals surface area contributed by atoms with Gasteiger partial charge in [0.25, 0.3) is 5.91 Å². The highest BCUT2D eigenvalue weighted by Gasteiger charge is 2.21. The van der Waals surface area contributed by atoms with Crippen molar-refractivity contribution in [2.45, 2.75) is 26.8 Å². The van der Waals surface area contributed by atoms with Crippen LogP contribution >= 0.6 is 0 Å². The normalized spacial score (nSPS) is 12.2.